The van der Waals surface area contributed by atoms with E-state index < -0.39 is 0 Å². The smallest absolute Gasteiger partial charge is 0.0462 e. The molecule has 2 atom stereocenters. The van der Waals surface area contributed by atoms with Crippen molar-refractivity contribution in [3.63, 3.8) is 0 Å². The Labute approximate surface area is 42.8 Å². The lowest BCUT2D eigenvalue weighted by atomic mass is 10.3. The van der Waals surface area contributed by atoms with E-state index in [9.17, 15) is 0 Å². The summed E-state index contributed by atoms with van der Waals surface area (Å²) in [5.41, 5.74) is 0. The van der Waals surface area contributed by atoms with E-state index in [1.165, 1.54) is 0 Å². The van der Waals surface area contributed by atoms with E-state index in [0.29, 0.717) is 11.8 Å². The average molecular weight is 102 g/mol. The highest BCUT2D eigenvalue weighted by Crippen LogP contribution is 2.36. The fraction of sp³-hybridized carbons (Fsp3) is 1.00. The standard InChI is InChI=1S/C5H10O2/c6-2-4-1-5(4)3-7/h4-7H,1-3H2/t4-,5-/m1/s1. The summed E-state index contributed by atoms with van der Waals surface area (Å²) < 4.78 is 0. The monoisotopic (exact) mass is 102 g/mol. The Bertz CT molecular complexity index is 55.1. The van der Waals surface area contributed by atoms with Crippen LogP contribution < -0.4 is 0 Å². The normalized spacial score (nSPS) is 38.6. The van der Waals surface area contributed by atoms with E-state index in [-0.39, 0.29) is 13.2 Å². The van der Waals surface area contributed by atoms with Crippen molar-refractivity contribution in [2.24, 2.45) is 11.8 Å². The molecule has 2 heteroatoms. The lowest BCUT2D eigenvalue weighted by molar-refractivity contribution is 0.232. The van der Waals surface area contributed by atoms with Gasteiger partial charge in [0.05, 0.1) is 0 Å². The molecule has 42 valence electrons. The number of rotatable bonds is 2. The Morgan fingerprint density at radius 1 is 1.14 bits per heavy atom. The van der Waals surface area contributed by atoms with E-state index in [4.69, 9.17) is 10.2 Å². The summed E-state index contributed by atoms with van der Waals surface area (Å²) in [6.45, 7) is 0.510. The predicted octanol–water partition coefficient (Wildman–Crippen LogP) is -0.393. The summed E-state index contributed by atoms with van der Waals surface area (Å²) >= 11 is 0. The molecule has 0 saturated heterocycles. The highest BCUT2D eigenvalue weighted by molar-refractivity contribution is 4.84. The van der Waals surface area contributed by atoms with Gasteiger partial charge in [0.25, 0.3) is 0 Å². The average Bonchev–Trinajstić information content (AvgIpc) is 2.43. The number of hydrogen-bond donors (Lipinski definition) is 2. The highest BCUT2D eigenvalue weighted by atomic mass is 16.3. The summed E-state index contributed by atoms with van der Waals surface area (Å²) in [6, 6.07) is 0. The third-order valence-corrected chi connectivity index (χ3v) is 1.54. The van der Waals surface area contributed by atoms with Gasteiger partial charge in [0, 0.05) is 13.2 Å². The van der Waals surface area contributed by atoms with Crippen LogP contribution in [0.3, 0.4) is 0 Å². The quantitative estimate of drug-likeness (QED) is 0.498. The molecule has 0 unspecified atom stereocenters. The van der Waals surface area contributed by atoms with Crippen LogP contribution in [0.4, 0.5) is 0 Å². The van der Waals surface area contributed by atoms with Gasteiger partial charge in [-0.2, -0.15) is 0 Å². The Morgan fingerprint density at radius 3 is 1.71 bits per heavy atom. The highest BCUT2D eigenvalue weighted by Gasteiger charge is 2.35. The molecule has 0 aromatic carbocycles. The first kappa shape index (κ1) is 5.06. The van der Waals surface area contributed by atoms with Gasteiger partial charge in [0.1, 0.15) is 0 Å². The first-order valence-electron chi connectivity index (χ1n) is 2.60. The van der Waals surface area contributed by atoms with E-state index in [2.05, 4.69) is 0 Å². The molecule has 0 amide bonds. The van der Waals surface area contributed by atoms with Crippen LogP contribution in [-0.2, 0) is 0 Å². The van der Waals surface area contributed by atoms with Gasteiger partial charge in [-0.1, -0.05) is 0 Å². The summed E-state index contributed by atoms with van der Waals surface area (Å²) in [6.07, 6.45) is 1.02. The molecule has 1 aliphatic rings. The molecule has 0 spiro atoms. The molecule has 0 heterocycles. The van der Waals surface area contributed by atoms with Crippen molar-refractivity contribution in [2.75, 3.05) is 13.2 Å². The Morgan fingerprint density at radius 2 is 1.57 bits per heavy atom. The molecular weight excluding hydrogens is 92.1 g/mol. The molecule has 1 rings (SSSR count). The van der Waals surface area contributed by atoms with Crippen molar-refractivity contribution in [1.29, 1.82) is 0 Å². The van der Waals surface area contributed by atoms with E-state index in [0.717, 1.165) is 6.42 Å². The van der Waals surface area contributed by atoms with Crippen LogP contribution in [0.2, 0.25) is 0 Å². The molecule has 1 saturated carbocycles. The maximum atomic E-state index is 8.40. The molecule has 2 N–H and O–H groups in total. The van der Waals surface area contributed by atoms with Crippen LogP contribution in [0.15, 0.2) is 0 Å². The molecule has 0 aromatic heterocycles. The lowest BCUT2D eigenvalue weighted by Crippen LogP contribution is -1.91. The van der Waals surface area contributed by atoms with E-state index in [1.807, 2.05) is 0 Å². The van der Waals surface area contributed by atoms with Gasteiger partial charge in [-0.3, -0.25) is 0 Å². The first-order chi connectivity index (χ1) is 3.38. The molecule has 2 nitrogen and oxygen atoms in total. The zero-order valence-corrected chi connectivity index (χ0v) is 4.17. The van der Waals surface area contributed by atoms with Gasteiger partial charge in [-0.15, -0.1) is 0 Å². The van der Waals surface area contributed by atoms with Crippen molar-refractivity contribution >= 4 is 0 Å². The molecule has 1 aliphatic carbocycles. The maximum absolute atomic E-state index is 8.40. The second kappa shape index (κ2) is 1.80. The summed E-state index contributed by atoms with van der Waals surface area (Å²) in [4.78, 5) is 0. The molecular formula is C5H10O2. The maximum Gasteiger partial charge on any atom is 0.0462 e. The van der Waals surface area contributed by atoms with Crippen molar-refractivity contribution in [3.8, 4) is 0 Å². The molecule has 1 fully saturated rings. The van der Waals surface area contributed by atoms with Gasteiger partial charge < -0.3 is 10.2 Å². The van der Waals surface area contributed by atoms with Crippen LogP contribution in [0.5, 0.6) is 0 Å². The predicted molar refractivity (Wildman–Crippen MR) is 25.8 cm³/mol. The molecule has 0 aromatic rings. The molecule has 0 radical (unpaired) electrons. The Hall–Kier alpha value is -0.0800. The first-order valence-corrected chi connectivity index (χ1v) is 2.60. The topological polar surface area (TPSA) is 40.5 Å². The van der Waals surface area contributed by atoms with Gasteiger partial charge in [0.15, 0.2) is 0 Å². The lowest BCUT2D eigenvalue weighted by Gasteiger charge is -1.84. The van der Waals surface area contributed by atoms with Gasteiger partial charge in [0.2, 0.25) is 0 Å². The van der Waals surface area contributed by atoms with Crippen LogP contribution in [0.25, 0.3) is 0 Å². The fourth-order valence-electron chi connectivity index (χ4n) is 0.758. The number of hydrogen-bond acceptors (Lipinski definition) is 2. The minimum absolute atomic E-state index is 0.255. The minimum atomic E-state index is 0.255. The van der Waals surface area contributed by atoms with Crippen LogP contribution in [0, 0.1) is 11.8 Å². The van der Waals surface area contributed by atoms with Crippen LogP contribution in [-0.4, -0.2) is 23.4 Å². The van der Waals surface area contributed by atoms with Crippen LogP contribution in [0.1, 0.15) is 6.42 Å². The SMILES string of the molecule is OC[C@H]1C[C@@H]1CO. The van der Waals surface area contributed by atoms with Gasteiger partial charge in [-0.25, -0.2) is 0 Å². The van der Waals surface area contributed by atoms with Gasteiger partial charge >= 0.3 is 0 Å². The van der Waals surface area contributed by atoms with Crippen molar-refractivity contribution in [2.45, 2.75) is 6.42 Å². The number of aliphatic hydroxyl groups is 2. The Balaban J connectivity index is 2.06. The van der Waals surface area contributed by atoms with Gasteiger partial charge in [-0.05, 0) is 18.3 Å². The zero-order valence-electron chi connectivity index (χ0n) is 4.17. The van der Waals surface area contributed by atoms with Crippen molar-refractivity contribution in [1.82, 2.24) is 0 Å². The second-order valence-electron chi connectivity index (χ2n) is 2.12. The molecule has 7 heavy (non-hydrogen) atoms. The Kier molecular flexibility index (Phi) is 1.30. The summed E-state index contributed by atoms with van der Waals surface area (Å²) in [5.74, 6) is 0.843. The fourth-order valence-corrected chi connectivity index (χ4v) is 0.758. The third-order valence-electron chi connectivity index (χ3n) is 1.54. The van der Waals surface area contributed by atoms with E-state index >= 15 is 0 Å². The summed E-state index contributed by atoms with van der Waals surface area (Å²) in [5, 5.41) is 16.8. The van der Waals surface area contributed by atoms with Crippen molar-refractivity contribution < 1.29 is 10.2 Å². The third kappa shape index (κ3) is 0.924. The summed E-state index contributed by atoms with van der Waals surface area (Å²) in [7, 11) is 0. The number of aliphatic hydroxyl groups excluding tert-OH is 2. The molecule has 0 bridgehead atoms. The minimum Gasteiger partial charge on any atom is -0.396 e. The van der Waals surface area contributed by atoms with Crippen LogP contribution >= 0.6 is 0 Å². The zero-order chi connectivity index (χ0) is 5.28. The largest absolute Gasteiger partial charge is 0.396 e. The molecule has 0 aliphatic heterocycles. The van der Waals surface area contributed by atoms with E-state index in [1.54, 1.807) is 0 Å². The van der Waals surface area contributed by atoms with Crippen molar-refractivity contribution in [3.05, 3.63) is 0 Å². The second-order valence-corrected chi connectivity index (χ2v) is 2.12.